The van der Waals surface area contributed by atoms with Crippen molar-refractivity contribution in [3.05, 3.63) is 35.9 Å². The van der Waals surface area contributed by atoms with Gasteiger partial charge in [0, 0.05) is 45.0 Å². The minimum Gasteiger partial charge on any atom is -0.389 e. The number of nitrogens with zero attached hydrogens (tertiary/aromatic N) is 4. The number of benzene rings is 1. The smallest absolute Gasteiger partial charge is 0.321 e. The number of urea groups is 1. The summed E-state index contributed by atoms with van der Waals surface area (Å²) in [5.41, 5.74) is 4.08. The van der Waals surface area contributed by atoms with Gasteiger partial charge >= 0.3 is 6.03 Å². The molecule has 3 saturated heterocycles. The average Bonchev–Trinajstić information content (AvgIpc) is 3.33. The van der Waals surface area contributed by atoms with Crippen molar-refractivity contribution in [2.24, 2.45) is 5.92 Å². The van der Waals surface area contributed by atoms with Gasteiger partial charge < -0.3 is 29.9 Å². The molecule has 0 saturated carbocycles. The first kappa shape index (κ1) is 22.9. The number of morpholine rings is 1. The molecule has 8 nitrogen and oxygen atoms in total. The van der Waals surface area contributed by atoms with Gasteiger partial charge in [0.2, 0.25) is 0 Å². The van der Waals surface area contributed by atoms with Crippen LogP contribution in [-0.2, 0) is 4.74 Å². The van der Waals surface area contributed by atoms with Gasteiger partial charge in [-0.3, -0.25) is 0 Å². The van der Waals surface area contributed by atoms with Gasteiger partial charge in [-0.1, -0.05) is 19.4 Å². The molecule has 3 fully saturated rings. The van der Waals surface area contributed by atoms with Gasteiger partial charge in [-0.2, -0.15) is 0 Å². The number of β-amino-alcohol motifs (C(OH)–C–C–N with tert-alkyl or cyclic N) is 1. The van der Waals surface area contributed by atoms with Crippen LogP contribution in [0.25, 0.3) is 11.1 Å². The van der Waals surface area contributed by atoms with Gasteiger partial charge in [-0.05, 0) is 60.2 Å². The minimum absolute atomic E-state index is 0.0234. The fourth-order valence-corrected chi connectivity index (χ4v) is 4.98. The van der Waals surface area contributed by atoms with Crippen LogP contribution in [-0.4, -0.2) is 79.6 Å². The Morgan fingerprint density at radius 3 is 2.50 bits per heavy atom. The normalized spacial score (nSPS) is 21.0. The van der Waals surface area contributed by atoms with Crippen molar-refractivity contribution in [2.45, 2.75) is 32.8 Å². The molecule has 5 rings (SSSR count). The van der Waals surface area contributed by atoms with Crippen LogP contribution in [0, 0.1) is 12.8 Å². The summed E-state index contributed by atoms with van der Waals surface area (Å²) >= 11 is 0. The Hall–Kier alpha value is -2.84. The molecule has 0 radical (unpaired) electrons. The van der Waals surface area contributed by atoms with Crippen molar-refractivity contribution in [3.63, 3.8) is 0 Å². The number of hydrogen-bond acceptors (Lipinski definition) is 6. The summed E-state index contributed by atoms with van der Waals surface area (Å²) in [6, 6.07) is 10.3. The molecule has 0 spiro atoms. The lowest BCUT2D eigenvalue weighted by Gasteiger charge is -2.38. The Morgan fingerprint density at radius 1 is 1.09 bits per heavy atom. The van der Waals surface area contributed by atoms with Crippen molar-refractivity contribution >= 4 is 23.4 Å². The predicted octanol–water partition coefficient (Wildman–Crippen LogP) is 3.34. The maximum Gasteiger partial charge on any atom is 0.321 e. The molecule has 182 valence electrons. The number of carbonyl (C=O) groups excluding carboxylic acids is 1. The highest BCUT2D eigenvalue weighted by Gasteiger charge is 2.28. The summed E-state index contributed by atoms with van der Waals surface area (Å²) in [4.78, 5) is 24.0. The van der Waals surface area contributed by atoms with Crippen LogP contribution in [0.1, 0.15) is 25.3 Å². The van der Waals surface area contributed by atoms with E-state index in [0.717, 1.165) is 73.0 Å². The van der Waals surface area contributed by atoms with Crippen molar-refractivity contribution in [1.82, 2.24) is 9.88 Å². The third-order valence-electron chi connectivity index (χ3n) is 7.27. The van der Waals surface area contributed by atoms with Crippen molar-refractivity contribution < 1.29 is 14.6 Å². The first-order chi connectivity index (χ1) is 16.5. The standard InChI is InChI=1S/C26H35N5O3/c1-3-19-6-7-30(15-19)26(33)27-21-5-4-18(2)23(14-21)20-12-24(29-8-10-34-11-9-29)28-25(13-20)31-16-22(32)17-31/h4-5,12-14,19,22,32H,3,6-11,15-17H2,1-2H3,(H,27,33)/t19-/m1/s1. The number of aliphatic hydroxyl groups excluding tert-OH is 1. The number of anilines is 3. The Bertz CT molecular complexity index is 1030. The van der Waals surface area contributed by atoms with E-state index in [0.29, 0.717) is 32.2 Å². The number of aliphatic hydroxyl groups is 1. The lowest BCUT2D eigenvalue weighted by atomic mass is 9.99. The summed E-state index contributed by atoms with van der Waals surface area (Å²) in [5, 5.41) is 12.9. The topological polar surface area (TPSA) is 81.2 Å². The van der Waals surface area contributed by atoms with Crippen molar-refractivity contribution in [2.75, 3.05) is 67.6 Å². The molecule has 2 N–H and O–H groups in total. The number of pyridine rings is 1. The maximum atomic E-state index is 12.8. The highest BCUT2D eigenvalue weighted by Crippen LogP contribution is 2.33. The van der Waals surface area contributed by atoms with E-state index in [4.69, 9.17) is 9.72 Å². The molecule has 34 heavy (non-hydrogen) atoms. The predicted molar refractivity (Wildman–Crippen MR) is 135 cm³/mol. The van der Waals surface area contributed by atoms with E-state index in [-0.39, 0.29) is 12.1 Å². The van der Waals surface area contributed by atoms with Gasteiger partial charge in [-0.15, -0.1) is 0 Å². The van der Waals surface area contributed by atoms with E-state index in [1.54, 1.807) is 0 Å². The zero-order valence-corrected chi connectivity index (χ0v) is 20.2. The Labute approximate surface area is 201 Å². The molecule has 1 atom stereocenters. The third-order valence-corrected chi connectivity index (χ3v) is 7.27. The van der Waals surface area contributed by atoms with E-state index in [2.05, 4.69) is 53.2 Å². The molecule has 8 heteroatoms. The SMILES string of the molecule is CC[C@@H]1CCN(C(=O)Nc2ccc(C)c(-c3cc(N4CCOCC4)nc(N4CC(O)C4)c3)c2)C1. The number of rotatable bonds is 5. The summed E-state index contributed by atoms with van der Waals surface area (Å²) < 4.78 is 5.53. The van der Waals surface area contributed by atoms with Crippen molar-refractivity contribution in [1.29, 1.82) is 0 Å². The summed E-state index contributed by atoms with van der Waals surface area (Å²) in [5.74, 6) is 2.41. The minimum atomic E-state index is -0.296. The molecular weight excluding hydrogens is 430 g/mol. The molecule has 2 aromatic rings. The number of aryl methyl sites for hydroxylation is 1. The Kier molecular flexibility index (Phi) is 6.61. The van der Waals surface area contributed by atoms with Crippen LogP contribution < -0.4 is 15.1 Å². The largest absolute Gasteiger partial charge is 0.389 e. The summed E-state index contributed by atoms with van der Waals surface area (Å²) in [6.45, 7) is 10.1. The molecular formula is C26H35N5O3. The number of amides is 2. The van der Waals surface area contributed by atoms with Gasteiger partial charge in [0.1, 0.15) is 11.6 Å². The van der Waals surface area contributed by atoms with Gasteiger partial charge in [-0.25, -0.2) is 9.78 Å². The van der Waals surface area contributed by atoms with Gasteiger partial charge in [0.15, 0.2) is 0 Å². The first-order valence-electron chi connectivity index (χ1n) is 12.4. The van der Waals surface area contributed by atoms with Gasteiger partial charge in [0.05, 0.1) is 19.3 Å². The van der Waals surface area contributed by atoms with E-state index in [1.165, 1.54) is 0 Å². The third kappa shape index (κ3) is 4.83. The summed E-state index contributed by atoms with van der Waals surface area (Å²) in [7, 11) is 0. The molecule has 1 aromatic carbocycles. The Balaban J connectivity index is 1.42. The molecule has 4 heterocycles. The second-order valence-electron chi connectivity index (χ2n) is 9.70. The number of ether oxygens (including phenoxy) is 1. The lowest BCUT2D eigenvalue weighted by molar-refractivity contribution is 0.122. The fraction of sp³-hybridized carbons (Fsp3) is 0.538. The van der Waals surface area contributed by atoms with Crippen LogP contribution in [0.15, 0.2) is 30.3 Å². The van der Waals surface area contributed by atoms with Crippen LogP contribution in [0.3, 0.4) is 0 Å². The van der Waals surface area contributed by atoms with Gasteiger partial charge in [0.25, 0.3) is 0 Å². The zero-order valence-electron chi connectivity index (χ0n) is 20.2. The van der Waals surface area contributed by atoms with Crippen LogP contribution in [0.4, 0.5) is 22.1 Å². The van der Waals surface area contributed by atoms with E-state index >= 15 is 0 Å². The highest BCUT2D eigenvalue weighted by atomic mass is 16.5. The highest BCUT2D eigenvalue weighted by molar-refractivity contribution is 5.91. The first-order valence-corrected chi connectivity index (χ1v) is 12.4. The quantitative estimate of drug-likeness (QED) is 0.705. The maximum absolute atomic E-state index is 12.8. The lowest BCUT2D eigenvalue weighted by Crippen LogP contribution is -2.51. The Morgan fingerprint density at radius 2 is 1.82 bits per heavy atom. The molecule has 0 aliphatic carbocycles. The molecule has 3 aliphatic heterocycles. The second kappa shape index (κ2) is 9.80. The van der Waals surface area contributed by atoms with Crippen LogP contribution >= 0.6 is 0 Å². The van der Waals surface area contributed by atoms with Crippen LogP contribution in [0.5, 0.6) is 0 Å². The number of hydrogen-bond donors (Lipinski definition) is 2. The fourth-order valence-electron chi connectivity index (χ4n) is 4.98. The number of carbonyl (C=O) groups is 1. The monoisotopic (exact) mass is 465 g/mol. The van der Waals surface area contributed by atoms with Crippen molar-refractivity contribution in [3.8, 4) is 11.1 Å². The number of likely N-dealkylation sites (tertiary alicyclic amines) is 1. The molecule has 3 aliphatic rings. The van der Waals surface area contributed by atoms with E-state index in [1.807, 2.05) is 11.0 Å². The average molecular weight is 466 g/mol. The second-order valence-corrected chi connectivity index (χ2v) is 9.70. The summed E-state index contributed by atoms with van der Waals surface area (Å²) in [6.07, 6.45) is 1.90. The molecule has 0 bridgehead atoms. The van der Waals surface area contributed by atoms with E-state index < -0.39 is 0 Å². The molecule has 0 unspecified atom stereocenters. The zero-order chi connectivity index (χ0) is 23.7. The molecule has 2 amide bonds. The van der Waals surface area contributed by atoms with Crippen LogP contribution in [0.2, 0.25) is 0 Å². The number of nitrogens with one attached hydrogen (secondary N) is 1. The molecule has 1 aromatic heterocycles. The number of aromatic nitrogens is 1. The van der Waals surface area contributed by atoms with E-state index in [9.17, 15) is 9.90 Å².